The molecule has 7 nitrogen and oxygen atoms in total. The summed E-state index contributed by atoms with van der Waals surface area (Å²) in [6.07, 6.45) is 3.92. The summed E-state index contributed by atoms with van der Waals surface area (Å²) in [4.78, 5) is 22.8. The highest BCUT2D eigenvalue weighted by atomic mass is 16.6. The Labute approximate surface area is 185 Å². The zero-order chi connectivity index (χ0) is 22.7. The Morgan fingerprint density at radius 1 is 1.19 bits per heavy atom. The molecular weight excluding hydrogens is 390 g/mol. The van der Waals surface area contributed by atoms with E-state index in [1.165, 1.54) is 5.56 Å². The van der Waals surface area contributed by atoms with Gasteiger partial charge in [-0.15, -0.1) is 0 Å². The molecular formula is C24H35N5O2. The number of aromatic nitrogens is 1. The molecule has 0 aliphatic heterocycles. The van der Waals surface area contributed by atoms with Crippen LogP contribution in [0.3, 0.4) is 0 Å². The van der Waals surface area contributed by atoms with Crippen molar-refractivity contribution in [1.82, 2.24) is 20.5 Å². The van der Waals surface area contributed by atoms with Gasteiger partial charge in [0.1, 0.15) is 5.60 Å². The molecule has 168 valence electrons. The summed E-state index contributed by atoms with van der Waals surface area (Å²) in [5.74, 6) is 0.729. The van der Waals surface area contributed by atoms with Gasteiger partial charge in [0.15, 0.2) is 5.96 Å². The van der Waals surface area contributed by atoms with Crippen molar-refractivity contribution in [3.05, 3.63) is 66.0 Å². The lowest BCUT2D eigenvalue weighted by Gasteiger charge is -2.27. The lowest BCUT2D eigenvalue weighted by molar-refractivity contribution is 0.0232. The smallest absolute Gasteiger partial charge is 0.410 e. The summed E-state index contributed by atoms with van der Waals surface area (Å²) >= 11 is 0. The first-order valence-electron chi connectivity index (χ1n) is 10.7. The largest absolute Gasteiger partial charge is 0.444 e. The summed E-state index contributed by atoms with van der Waals surface area (Å²) in [6.45, 7) is 9.41. The number of amides is 1. The summed E-state index contributed by atoms with van der Waals surface area (Å²) < 4.78 is 5.58. The number of hydrogen-bond donors (Lipinski definition) is 2. The monoisotopic (exact) mass is 425 g/mol. The molecule has 0 saturated carbocycles. The first kappa shape index (κ1) is 24.2. The Morgan fingerprint density at radius 2 is 1.94 bits per heavy atom. The summed E-state index contributed by atoms with van der Waals surface area (Å²) in [5, 5.41) is 6.71. The van der Waals surface area contributed by atoms with E-state index in [1.54, 1.807) is 24.3 Å². The lowest BCUT2D eigenvalue weighted by atomic mass is 10.1. The number of nitrogens with zero attached hydrogens (tertiary/aromatic N) is 3. The SMILES string of the molecule is CN=C(NCCCN(Cc1cccnc1)C(=O)OC(C)(C)C)NC(C)c1ccccc1. The van der Waals surface area contributed by atoms with Gasteiger partial charge < -0.3 is 20.3 Å². The van der Waals surface area contributed by atoms with Gasteiger partial charge in [0.2, 0.25) is 0 Å². The van der Waals surface area contributed by atoms with Crippen LogP contribution in [-0.2, 0) is 11.3 Å². The molecule has 1 atom stereocenters. The standard InChI is InChI=1S/C24H35N5O2/c1-19(21-12-7-6-8-13-21)28-22(25-5)27-15-10-16-29(23(30)31-24(2,3)4)18-20-11-9-14-26-17-20/h6-9,11-14,17,19H,10,15-16,18H2,1-5H3,(H2,25,27,28). The number of pyridine rings is 1. The maximum absolute atomic E-state index is 12.7. The van der Waals surface area contributed by atoms with Gasteiger partial charge in [-0.25, -0.2) is 4.79 Å². The van der Waals surface area contributed by atoms with E-state index in [4.69, 9.17) is 4.74 Å². The fraction of sp³-hybridized carbons (Fsp3) is 0.458. The van der Waals surface area contributed by atoms with E-state index in [9.17, 15) is 4.79 Å². The van der Waals surface area contributed by atoms with Crippen LogP contribution in [0.1, 0.15) is 51.3 Å². The molecule has 0 bridgehead atoms. The molecule has 1 aromatic carbocycles. The van der Waals surface area contributed by atoms with Crippen LogP contribution >= 0.6 is 0 Å². The van der Waals surface area contributed by atoms with Gasteiger partial charge in [0, 0.05) is 32.5 Å². The van der Waals surface area contributed by atoms with Crippen LogP contribution in [-0.4, -0.2) is 47.7 Å². The maximum Gasteiger partial charge on any atom is 0.410 e. The number of carbonyl (C=O) groups is 1. The van der Waals surface area contributed by atoms with Gasteiger partial charge in [0.25, 0.3) is 0 Å². The molecule has 1 amide bonds. The van der Waals surface area contributed by atoms with Gasteiger partial charge in [-0.3, -0.25) is 9.98 Å². The maximum atomic E-state index is 12.7. The van der Waals surface area contributed by atoms with Crippen molar-refractivity contribution in [3.63, 3.8) is 0 Å². The van der Waals surface area contributed by atoms with Crippen molar-refractivity contribution in [1.29, 1.82) is 0 Å². The summed E-state index contributed by atoms with van der Waals surface area (Å²) in [5.41, 5.74) is 1.62. The third kappa shape index (κ3) is 9.07. The van der Waals surface area contributed by atoms with Gasteiger partial charge in [-0.1, -0.05) is 36.4 Å². The number of hydrogen-bond acceptors (Lipinski definition) is 4. The fourth-order valence-corrected chi connectivity index (χ4v) is 2.97. The van der Waals surface area contributed by atoms with Crippen LogP contribution < -0.4 is 10.6 Å². The normalized spacial score (nSPS) is 12.7. The second-order valence-corrected chi connectivity index (χ2v) is 8.39. The van der Waals surface area contributed by atoms with Crippen molar-refractivity contribution in [2.45, 2.75) is 52.3 Å². The van der Waals surface area contributed by atoms with Gasteiger partial charge >= 0.3 is 6.09 Å². The van der Waals surface area contributed by atoms with Crippen molar-refractivity contribution < 1.29 is 9.53 Å². The number of carbonyl (C=O) groups excluding carboxylic acids is 1. The predicted octanol–water partition coefficient (Wildman–Crippen LogP) is 4.14. The Kier molecular flexibility index (Phi) is 9.31. The number of guanidine groups is 1. The molecule has 0 fully saturated rings. The zero-order valence-electron chi connectivity index (χ0n) is 19.3. The molecule has 7 heteroatoms. The Balaban J connectivity index is 1.87. The van der Waals surface area contributed by atoms with E-state index in [1.807, 2.05) is 51.1 Å². The molecule has 0 spiro atoms. The minimum atomic E-state index is -0.540. The van der Waals surface area contributed by atoms with Crippen LogP contribution in [0.5, 0.6) is 0 Å². The average molecular weight is 426 g/mol. The highest BCUT2D eigenvalue weighted by Gasteiger charge is 2.22. The van der Waals surface area contributed by atoms with Gasteiger partial charge in [0.05, 0.1) is 12.6 Å². The van der Waals surface area contributed by atoms with Crippen LogP contribution in [0.15, 0.2) is 59.9 Å². The van der Waals surface area contributed by atoms with E-state index in [0.717, 1.165) is 17.9 Å². The van der Waals surface area contributed by atoms with Crippen LogP contribution in [0.2, 0.25) is 0 Å². The molecule has 0 aliphatic carbocycles. The highest BCUT2D eigenvalue weighted by Crippen LogP contribution is 2.13. The molecule has 0 saturated heterocycles. The third-order valence-electron chi connectivity index (χ3n) is 4.52. The minimum Gasteiger partial charge on any atom is -0.444 e. The molecule has 1 heterocycles. The first-order valence-corrected chi connectivity index (χ1v) is 10.7. The number of ether oxygens (including phenoxy) is 1. The van der Waals surface area contributed by atoms with E-state index in [0.29, 0.717) is 19.6 Å². The van der Waals surface area contributed by atoms with Crippen molar-refractivity contribution >= 4 is 12.1 Å². The van der Waals surface area contributed by atoms with Crippen molar-refractivity contribution in [3.8, 4) is 0 Å². The van der Waals surface area contributed by atoms with Gasteiger partial charge in [-0.05, 0) is 51.3 Å². The number of nitrogens with one attached hydrogen (secondary N) is 2. The quantitative estimate of drug-likeness (QED) is 0.378. The topological polar surface area (TPSA) is 78.9 Å². The van der Waals surface area contributed by atoms with Crippen LogP contribution in [0, 0.1) is 0 Å². The van der Waals surface area contributed by atoms with E-state index in [2.05, 4.69) is 39.7 Å². The van der Waals surface area contributed by atoms with E-state index in [-0.39, 0.29) is 12.1 Å². The van der Waals surface area contributed by atoms with E-state index < -0.39 is 5.60 Å². The minimum absolute atomic E-state index is 0.135. The van der Waals surface area contributed by atoms with Crippen molar-refractivity contribution in [2.24, 2.45) is 4.99 Å². The predicted molar refractivity (Wildman–Crippen MR) is 125 cm³/mol. The average Bonchev–Trinajstić information content (AvgIpc) is 2.75. The van der Waals surface area contributed by atoms with Gasteiger partial charge in [-0.2, -0.15) is 0 Å². The third-order valence-corrected chi connectivity index (χ3v) is 4.52. The zero-order valence-corrected chi connectivity index (χ0v) is 19.3. The molecule has 0 radical (unpaired) electrons. The van der Waals surface area contributed by atoms with Crippen LogP contribution in [0.25, 0.3) is 0 Å². The van der Waals surface area contributed by atoms with Crippen molar-refractivity contribution in [2.75, 3.05) is 20.1 Å². The lowest BCUT2D eigenvalue weighted by Crippen LogP contribution is -2.41. The highest BCUT2D eigenvalue weighted by molar-refractivity contribution is 5.80. The van der Waals surface area contributed by atoms with Crippen LogP contribution in [0.4, 0.5) is 4.79 Å². The first-order chi connectivity index (χ1) is 14.8. The van der Waals surface area contributed by atoms with E-state index >= 15 is 0 Å². The number of aliphatic imine (C=N–C) groups is 1. The Bertz CT molecular complexity index is 819. The summed E-state index contributed by atoms with van der Waals surface area (Å²) in [6, 6.07) is 14.2. The number of rotatable bonds is 8. The molecule has 2 aromatic rings. The second kappa shape index (κ2) is 11.9. The fourth-order valence-electron chi connectivity index (χ4n) is 2.97. The molecule has 1 aromatic heterocycles. The Hall–Kier alpha value is -3.09. The molecule has 1 unspecified atom stereocenters. The molecule has 31 heavy (non-hydrogen) atoms. The molecule has 0 aliphatic rings. The second-order valence-electron chi connectivity index (χ2n) is 8.39. The summed E-state index contributed by atoms with van der Waals surface area (Å²) in [7, 11) is 1.75. The molecule has 2 N–H and O–H groups in total. The Morgan fingerprint density at radius 3 is 2.55 bits per heavy atom. The molecule has 2 rings (SSSR count). The number of benzene rings is 1.